The summed E-state index contributed by atoms with van der Waals surface area (Å²) in [5.74, 6) is -0.0501. The largest absolute Gasteiger partial charge is 0.338 e. The second kappa shape index (κ2) is 4.33. The minimum absolute atomic E-state index is 0.0501. The smallest absolute Gasteiger partial charge is 0.224 e. The number of hydrogen-bond acceptors (Lipinski definition) is 3. The summed E-state index contributed by atoms with van der Waals surface area (Å²) in [6.45, 7) is 0.294. The van der Waals surface area contributed by atoms with Gasteiger partial charge >= 0.3 is 0 Å². The average Bonchev–Trinajstić information content (AvgIpc) is 2.61. The van der Waals surface area contributed by atoms with Gasteiger partial charge in [0.15, 0.2) is 0 Å². The highest BCUT2D eigenvalue weighted by atomic mass is 32.2. The van der Waals surface area contributed by atoms with Crippen molar-refractivity contribution in [2.75, 3.05) is 6.54 Å². The number of primary sulfonamides is 1. The van der Waals surface area contributed by atoms with E-state index in [1.54, 1.807) is 4.90 Å². The van der Waals surface area contributed by atoms with E-state index in [1.165, 1.54) is 6.42 Å². The van der Waals surface area contributed by atoms with Gasteiger partial charge in [-0.1, -0.05) is 19.3 Å². The minimum atomic E-state index is -3.57. The van der Waals surface area contributed by atoms with Crippen molar-refractivity contribution >= 4 is 15.9 Å². The quantitative estimate of drug-likeness (QED) is 0.756. The lowest BCUT2D eigenvalue weighted by Gasteiger charge is -2.31. The average molecular weight is 246 g/mol. The Hall–Kier alpha value is -0.620. The van der Waals surface area contributed by atoms with E-state index in [0.29, 0.717) is 6.54 Å². The van der Waals surface area contributed by atoms with Gasteiger partial charge in [-0.25, -0.2) is 13.6 Å². The molecule has 5 nitrogen and oxygen atoms in total. The maximum atomic E-state index is 11.7. The first kappa shape index (κ1) is 11.9. The Kier molecular flexibility index (Phi) is 3.21. The van der Waals surface area contributed by atoms with Gasteiger partial charge in [0, 0.05) is 19.0 Å². The molecule has 1 heterocycles. The molecular weight excluding hydrogens is 228 g/mol. The number of likely N-dealkylation sites (tertiary alicyclic amines) is 1. The fourth-order valence-corrected chi connectivity index (χ4v) is 3.41. The number of sulfonamides is 1. The zero-order valence-electron chi connectivity index (χ0n) is 9.26. The molecule has 6 heteroatoms. The minimum Gasteiger partial charge on any atom is -0.338 e. The van der Waals surface area contributed by atoms with E-state index in [9.17, 15) is 13.2 Å². The third-order valence-electron chi connectivity index (χ3n) is 3.60. The maximum Gasteiger partial charge on any atom is 0.224 e. The molecule has 1 aliphatic carbocycles. The van der Waals surface area contributed by atoms with Gasteiger partial charge < -0.3 is 4.90 Å². The van der Waals surface area contributed by atoms with E-state index in [0.717, 1.165) is 25.7 Å². The van der Waals surface area contributed by atoms with E-state index < -0.39 is 15.3 Å². The van der Waals surface area contributed by atoms with Crippen LogP contribution in [0.3, 0.4) is 0 Å². The fourth-order valence-electron chi connectivity index (χ4n) is 2.66. The van der Waals surface area contributed by atoms with E-state index in [1.807, 2.05) is 0 Å². The molecule has 0 aromatic rings. The summed E-state index contributed by atoms with van der Waals surface area (Å²) in [5.41, 5.74) is 0. The molecule has 1 saturated heterocycles. The first-order valence-electron chi connectivity index (χ1n) is 5.79. The molecule has 1 saturated carbocycles. The molecule has 2 fully saturated rings. The molecule has 92 valence electrons. The summed E-state index contributed by atoms with van der Waals surface area (Å²) in [4.78, 5) is 13.5. The standard InChI is InChI=1S/C10H18N2O3S/c11-16(14,15)9-6-10(13)12(7-9)8-4-2-1-3-5-8/h8-9H,1-7H2,(H2,11,14,15). The summed E-state index contributed by atoms with van der Waals surface area (Å²) < 4.78 is 22.4. The molecule has 2 aliphatic rings. The van der Waals surface area contributed by atoms with Crippen LogP contribution in [0.5, 0.6) is 0 Å². The Morgan fingerprint density at radius 1 is 1.19 bits per heavy atom. The molecule has 1 unspecified atom stereocenters. The molecule has 1 amide bonds. The number of carbonyl (C=O) groups excluding carboxylic acids is 1. The molecule has 0 aromatic carbocycles. The number of amides is 1. The summed E-state index contributed by atoms with van der Waals surface area (Å²) in [6, 6.07) is 0.244. The Bertz CT molecular complexity index is 374. The van der Waals surface area contributed by atoms with Crippen molar-refractivity contribution in [3.63, 3.8) is 0 Å². The molecule has 2 rings (SSSR count). The van der Waals surface area contributed by atoms with Gasteiger partial charge in [0.1, 0.15) is 5.25 Å². The number of nitrogens with two attached hydrogens (primary N) is 1. The lowest BCUT2D eigenvalue weighted by Crippen LogP contribution is -2.39. The highest BCUT2D eigenvalue weighted by molar-refractivity contribution is 7.89. The monoisotopic (exact) mass is 246 g/mol. The first-order valence-corrected chi connectivity index (χ1v) is 7.40. The number of carbonyl (C=O) groups is 1. The zero-order chi connectivity index (χ0) is 11.8. The van der Waals surface area contributed by atoms with Gasteiger partial charge in [-0.3, -0.25) is 4.79 Å². The molecule has 0 bridgehead atoms. The lowest BCUT2D eigenvalue weighted by atomic mass is 9.94. The van der Waals surface area contributed by atoms with Gasteiger partial charge in [0.25, 0.3) is 0 Å². The van der Waals surface area contributed by atoms with Crippen LogP contribution < -0.4 is 5.14 Å². The van der Waals surface area contributed by atoms with Crippen molar-refractivity contribution in [2.45, 2.75) is 49.8 Å². The van der Waals surface area contributed by atoms with Crippen LogP contribution >= 0.6 is 0 Å². The normalized spacial score (nSPS) is 28.7. The van der Waals surface area contributed by atoms with Crippen molar-refractivity contribution in [1.29, 1.82) is 0 Å². The van der Waals surface area contributed by atoms with Gasteiger partial charge in [0.2, 0.25) is 15.9 Å². The van der Waals surface area contributed by atoms with E-state index in [-0.39, 0.29) is 18.4 Å². The second-order valence-corrected chi connectivity index (χ2v) is 6.60. The van der Waals surface area contributed by atoms with Crippen molar-refractivity contribution in [3.05, 3.63) is 0 Å². The highest BCUT2D eigenvalue weighted by Crippen LogP contribution is 2.27. The summed E-state index contributed by atoms with van der Waals surface area (Å²) in [7, 11) is -3.57. The predicted molar refractivity (Wildman–Crippen MR) is 60.1 cm³/mol. The van der Waals surface area contributed by atoms with Crippen molar-refractivity contribution in [1.82, 2.24) is 4.90 Å². The van der Waals surface area contributed by atoms with Crippen LogP contribution in [0.4, 0.5) is 0 Å². The molecular formula is C10H18N2O3S. The van der Waals surface area contributed by atoms with Crippen LogP contribution in [0, 0.1) is 0 Å². The summed E-state index contributed by atoms with van der Waals surface area (Å²) in [5, 5.41) is 4.40. The number of hydrogen-bond donors (Lipinski definition) is 1. The third kappa shape index (κ3) is 2.38. The van der Waals surface area contributed by atoms with Crippen LogP contribution in [0.1, 0.15) is 38.5 Å². The number of nitrogens with zero attached hydrogens (tertiary/aromatic N) is 1. The second-order valence-electron chi connectivity index (χ2n) is 4.75. The van der Waals surface area contributed by atoms with Crippen molar-refractivity contribution in [3.8, 4) is 0 Å². The zero-order valence-corrected chi connectivity index (χ0v) is 10.1. The van der Waals surface area contributed by atoms with Crippen molar-refractivity contribution < 1.29 is 13.2 Å². The maximum absolute atomic E-state index is 11.7. The summed E-state index contributed by atoms with van der Waals surface area (Å²) in [6.07, 6.45) is 5.56. The fraction of sp³-hybridized carbons (Fsp3) is 0.900. The Balaban J connectivity index is 2.04. The van der Waals surface area contributed by atoms with Crippen LogP contribution in [-0.4, -0.2) is 37.1 Å². The van der Waals surface area contributed by atoms with Gasteiger partial charge in [-0.15, -0.1) is 0 Å². The van der Waals surface area contributed by atoms with Crippen LogP contribution in [-0.2, 0) is 14.8 Å². The molecule has 16 heavy (non-hydrogen) atoms. The van der Waals surface area contributed by atoms with Crippen LogP contribution in [0.2, 0.25) is 0 Å². The number of rotatable bonds is 2. The lowest BCUT2D eigenvalue weighted by molar-refractivity contribution is -0.130. The Morgan fingerprint density at radius 2 is 1.81 bits per heavy atom. The SMILES string of the molecule is NS(=O)(=O)C1CC(=O)N(C2CCCCC2)C1. The third-order valence-corrected chi connectivity index (χ3v) is 4.85. The topological polar surface area (TPSA) is 80.5 Å². The van der Waals surface area contributed by atoms with Crippen molar-refractivity contribution in [2.24, 2.45) is 5.14 Å². The van der Waals surface area contributed by atoms with Gasteiger partial charge in [0.05, 0.1) is 0 Å². The highest BCUT2D eigenvalue weighted by Gasteiger charge is 2.39. The molecule has 0 spiro atoms. The van der Waals surface area contributed by atoms with Gasteiger partial charge in [-0.2, -0.15) is 0 Å². The predicted octanol–water partition coefficient (Wildman–Crippen LogP) is 0.208. The molecule has 2 N–H and O–H groups in total. The van der Waals surface area contributed by atoms with E-state index >= 15 is 0 Å². The Morgan fingerprint density at radius 3 is 2.31 bits per heavy atom. The van der Waals surface area contributed by atoms with E-state index in [4.69, 9.17) is 5.14 Å². The van der Waals surface area contributed by atoms with Crippen LogP contribution in [0.25, 0.3) is 0 Å². The molecule has 0 radical (unpaired) electrons. The van der Waals surface area contributed by atoms with Crippen LogP contribution in [0.15, 0.2) is 0 Å². The molecule has 1 atom stereocenters. The first-order chi connectivity index (χ1) is 7.48. The molecule has 0 aromatic heterocycles. The Labute approximate surface area is 96.0 Å². The van der Waals surface area contributed by atoms with Gasteiger partial charge in [-0.05, 0) is 12.8 Å². The molecule has 1 aliphatic heterocycles. The summed E-state index contributed by atoms with van der Waals surface area (Å²) >= 11 is 0. The van der Waals surface area contributed by atoms with E-state index in [2.05, 4.69) is 0 Å².